The van der Waals surface area contributed by atoms with Gasteiger partial charge in [-0.15, -0.1) is 11.3 Å². The molecule has 0 saturated heterocycles. The summed E-state index contributed by atoms with van der Waals surface area (Å²) in [4.78, 5) is 37.3. The number of carbonyl (C=O) groups is 3. The third-order valence-electron chi connectivity index (χ3n) is 4.35. The minimum absolute atomic E-state index is 0.0373. The van der Waals surface area contributed by atoms with Crippen LogP contribution in [-0.2, 0) is 16.2 Å². The molecule has 2 aromatic heterocycles. The molecule has 0 aliphatic carbocycles. The second kappa shape index (κ2) is 10.5. The van der Waals surface area contributed by atoms with Gasteiger partial charge in [0.25, 0.3) is 5.91 Å². The first kappa shape index (κ1) is 24.2. The van der Waals surface area contributed by atoms with Crippen LogP contribution in [0.25, 0.3) is 0 Å². The molecular weight excluding hydrogens is 477 g/mol. The summed E-state index contributed by atoms with van der Waals surface area (Å²) in [6.07, 6.45) is 1.50. The zero-order valence-electron chi connectivity index (χ0n) is 17.8. The van der Waals surface area contributed by atoms with Crippen molar-refractivity contribution in [1.29, 1.82) is 0 Å². The molecule has 9 nitrogen and oxygen atoms in total. The maximum atomic E-state index is 13.2. The summed E-state index contributed by atoms with van der Waals surface area (Å²) in [5.41, 5.74) is 0.447. The summed E-state index contributed by atoms with van der Waals surface area (Å²) in [7, 11) is 1.20. The lowest BCUT2D eigenvalue weighted by Gasteiger charge is -2.07. The SMILES string of the molecule is CCOC(=O)c1sc(NC(=O)c2ccn(COc3ccc(F)c(Cl)c3)n2)c(C(=O)OC)c1C. The Morgan fingerprint density at radius 2 is 2.00 bits per heavy atom. The van der Waals surface area contributed by atoms with Gasteiger partial charge >= 0.3 is 11.9 Å². The van der Waals surface area contributed by atoms with E-state index in [1.54, 1.807) is 13.8 Å². The number of nitrogens with one attached hydrogen (secondary N) is 1. The van der Waals surface area contributed by atoms with Crippen molar-refractivity contribution in [3.05, 3.63) is 63.0 Å². The molecule has 0 saturated carbocycles. The Morgan fingerprint density at radius 1 is 1.24 bits per heavy atom. The van der Waals surface area contributed by atoms with Crippen molar-refractivity contribution < 1.29 is 33.0 Å². The van der Waals surface area contributed by atoms with Gasteiger partial charge in [-0.3, -0.25) is 4.79 Å². The van der Waals surface area contributed by atoms with Crippen molar-refractivity contribution in [3.8, 4) is 5.75 Å². The Hall–Kier alpha value is -3.44. The molecule has 0 unspecified atom stereocenters. The first-order valence-electron chi connectivity index (χ1n) is 9.56. The second-order valence-electron chi connectivity index (χ2n) is 6.52. The van der Waals surface area contributed by atoms with E-state index >= 15 is 0 Å². The Kier molecular flexibility index (Phi) is 7.67. The maximum absolute atomic E-state index is 13.2. The number of thiophene rings is 1. The van der Waals surface area contributed by atoms with Gasteiger partial charge in [-0.1, -0.05) is 11.6 Å². The lowest BCUT2D eigenvalue weighted by atomic mass is 10.1. The summed E-state index contributed by atoms with van der Waals surface area (Å²) in [5, 5.41) is 6.77. The van der Waals surface area contributed by atoms with Crippen LogP contribution in [0.1, 0.15) is 43.0 Å². The van der Waals surface area contributed by atoms with E-state index in [2.05, 4.69) is 10.4 Å². The van der Waals surface area contributed by atoms with Gasteiger partial charge in [0.15, 0.2) is 12.4 Å². The van der Waals surface area contributed by atoms with Crippen LogP contribution < -0.4 is 10.1 Å². The molecule has 1 amide bonds. The number of ether oxygens (including phenoxy) is 3. The van der Waals surface area contributed by atoms with Gasteiger partial charge in [0, 0.05) is 12.3 Å². The van der Waals surface area contributed by atoms with Gasteiger partial charge in [0.2, 0.25) is 0 Å². The number of benzene rings is 1. The number of amides is 1. The first-order chi connectivity index (χ1) is 15.7. The molecule has 0 aliphatic heterocycles. The van der Waals surface area contributed by atoms with E-state index < -0.39 is 23.7 Å². The van der Waals surface area contributed by atoms with Crippen molar-refractivity contribution >= 4 is 45.8 Å². The fraction of sp³-hybridized carbons (Fsp3) is 0.238. The van der Waals surface area contributed by atoms with E-state index in [1.165, 1.54) is 42.3 Å². The van der Waals surface area contributed by atoms with Crippen molar-refractivity contribution in [3.63, 3.8) is 0 Å². The van der Waals surface area contributed by atoms with Crippen molar-refractivity contribution in [1.82, 2.24) is 9.78 Å². The average Bonchev–Trinajstić information content (AvgIpc) is 3.39. The van der Waals surface area contributed by atoms with Crippen LogP contribution in [0.5, 0.6) is 5.75 Å². The van der Waals surface area contributed by atoms with E-state index in [1.807, 2.05) is 0 Å². The van der Waals surface area contributed by atoms with Crippen molar-refractivity contribution in [2.75, 3.05) is 19.0 Å². The molecule has 174 valence electrons. The highest BCUT2D eigenvalue weighted by atomic mass is 35.5. The van der Waals surface area contributed by atoms with Crippen LogP contribution >= 0.6 is 22.9 Å². The average molecular weight is 496 g/mol. The summed E-state index contributed by atoms with van der Waals surface area (Å²) < 4.78 is 29.9. The Balaban J connectivity index is 1.75. The van der Waals surface area contributed by atoms with Crippen LogP contribution in [0.4, 0.5) is 9.39 Å². The van der Waals surface area contributed by atoms with E-state index in [4.69, 9.17) is 25.8 Å². The zero-order chi connectivity index (χ0) is 24.1. The van der Waals surface area contributed by atoms with Crippen molar-refractivity contribution in [2.24, 2.45) is 0 Å². The largest absolute Gasteiger partial charge is 0.471 e. The molecule has 1 N–H and O–H groups in total. The fourth-order valence-corrected chi connectivity index (χ4v) is 4.02. The molecule has 0 spiro atoms. The number of carbonyl (C=O) groups excluding carboxylic acids is 3. The molecule has 33 heavy (non-hydrogen) atoms. The highest BCUT2D eigenvalue weighted by Gasteiger charge is 2.27. The standard InChI is InChI=1S/C21H19ClFN3O6S/c1-4-31-21(29)17-11(2)16(20(28)30-3)19(33-17)24-18(27)15-7-8-26(25-15)10-32-12-5-6-14(23)13(22)9-12/h5-9H,4,10H2,1-3H3,(H,24,27). The molecular formula is C21H19ClFN3O6S. The first-order valence-corrected chi connectivity index (χ1v) is 10.8. The molecule has 0 aliphatic rings. The number of hydrogen-bond acceptors (Lipinski definition) is 8. The lowest BCUT2D eigenvalue weighted by molar-refractivity contribution is 0.0531. The molecule has 3 aromatic rings. The van der Waals surface area contributed by atoms with Crippen LogP contribution in [-0.4, -0.2) is 41.3 Å². The number of rotatable bonds is 8. The second-order valence-corrected chi connectivity index (χ2v) is 7.94. The van der Waals surface area contributed by atoms with Gasteiger partial charge in [-0.2, -0.15) is 5.10 Å². The molecule has 0 atom stereocenters. The number of halogens is 2. The Bertz CT molecular complexity index is 1210. The Morgan fingerprint density at radius 3 is 2.67 bits per heavy atom. The maximum Gasteiger partial charge on any atom is 0.348 e. The number of anilines is 1. The minimum atomic E-state index is -0.702. The third kappa shape index (κ3) is 5.49. The van der Waals surface area contributed by atoms with Gasteiger partial charge in [-0.05, 0) is 37.6 Å². The summed E-state index contributed by atoms with van der Waals surface area (Å²) in [5.74, 6) is -2.16. The monoisotopic (exact) mass is 495 g/mol. The molecule has 0 fully saturated rings. The van der Waals surface area contributed by atoms with Gasteiger partial charge < -0.3 is 19.5 Å². The topological polar surface area (TPSA) is 109 Å². The van der Waals surface area contributed by atoms with E-state index in [0.29, 0.717) is 11.3 Å². The van der Waals surface area contributed by atoms with E-state index in [9.17, 15) is 18.8 Å². The fourth-order valence-electron chi connectivity index (χ4n) is 2.77. The zero-order valence-corrected chi connectivity index (χ0v) is 19.4. The molecule has 3 rings (SSSR count). The Labute approximate surface area is 197 Å². The normalized spacial score (nSPS) is 10.6. The van der Waals surface area contributed by atoms with Crippen LogP contribution in [0.3, 0.4) is 0 Å². The van der Waals surface area contributed by atoms with Crippen molar-refractivity contribution in [2.45, 2.75) is 20.6 Å². The predicted octanol–water partition coefficient (Wildman–Crippen LogP) is 4.30. The number of aromatic nitrogens is 2. The van der Waals surface area contributed by atoms with Gasteiger partial charge in [-0.25, -0.2) is 18.7 Å². The van der Waals surface area contributed by atoms with Crippen LogP contribution in [0.15, 0.2) is 30.5 Å². The predicted molar refractivity (Wildman–Crippen MR) is 119 cm³/mol. The van der Waals surface area contributed by atoms with Gasteiger partial charge in [0.05, 0.1) is 24.3 Å². The van der Waals surface area contributed by atoms with E-state index in [0.717, 1.165) is 11.3 Å². The highest BCUT2D eigenvalue weighted by molar-refractivity contribution is 7.18. The minimum Gasteiger partial charge on any atom is -0.471 e. The number of methoxy groups -OCH3 is 1. The summed E-state index contributed by atoms with van der Waals surface area (Å²) in [6, 6.07) is 5.35. The summed E-state index contributed by atoms with van der Waals surface area (Å²) in [6.45, 7) is 3.33. The number of esters is 2. The number of nitrogens with zero attached hydrogens (tertiary/aromatic N) is 2. The molecule has 1 aromatic carbocycles. The van der Waals surface area contributed by atoms with Crippen LogP contribution in [0.2, 0.25) is 5.02 Å². The molecule has 12 heteroatoms. The quantitative estimate of drug-likeness (QED) is 0.464. The van der Waals surface area contributed by atoms with Gasteiger partial charge in [0.1, 0.15) is 21.4 Å². The molecule has 0 radical (unpaired) electrons. The number of hydrogen-bond donors (Lipinski definition) is 1. The van der Waals surface area contributed by atoms with E-state index in [-0.39, 0.29) is 39.5 Å². The molecule has 0 bridgehead atoms. The lowest BCUT2D eigenvalue weighted by Crippen LogP contribution is -2.16. The summed E-state index contributed by atoms with van der Waals surface area (Å²) >= 11 is 6.63. The third-order valence-corrected chi connectivity index (χ3v) is 5.83. The molecule has 2 heterocycles. The smallest absolute Gasteiger partial charge is 0.348 e. The highest BCUT2D eigenvalue weighted by Crippen LogP contribution is 2.34. The van der Waals surface area contributed by atoms with Crippen LogP contribution in [0, 0.1) is 12.7 Å².